The van der Waals surface area contributed by atoms with E-state index in [1.54, 1.807) is 0 Å². The number of epoxide rings is 1. The van der Waals surface area contributed by atoms with Crippen molar-refractivity contribution in [3.8, 4) is 0 Å². The third-order valence-electron chi connectivity index (χ3n) is 4.19. The Hall–Kier alpha value is -0.473. The number of nitrogens with one attached hydrogen (secondary N) is 1. The smallest absolute Gasteiger partial charge is 0.373 e. The molecule has 2 aliphatic rings. The molecule has 11 heteroatoms. The molecular weight excluding hydrogens is 354 g/mol. The van der Waals surface area contributed by atoms with E-state index in [1.165, 1.54) is 35.5 Å². The highest BCUT2D eigenvalue weighted by Crippen LogP contribution is 2.26. The monoisotopic (exact) mass is 381 g/mol. The topological polar surface area (TPSA) is 106 Å². The molecule has 2 aliphatic heterocycles. The maximum atomic E-state index is 13.2. The van der Waals surface area contributed by atoms with Crippen LogP contribution < -0.4 is 5.32 Å². The summed E-state index contributed by atoms with van der Waals surface area (Å²) in [5.74, 6) is 0. The van der Waals surface area contributed by atoms with Crippen LogP contribution >= 0.6 is 0 Å². The third-order valence-corrected chi connectivity index (χ3v) is 6.70. The van der Waals surface area contributed by atoms with Gasteiger partial charge in [0.15, 0.2) is 0 Å². The Kier molecular flexibility index (Phi) is 7.46. The quantitative estimate of drug-likeness (QED) is 0.258. The van der Waals surface area contributed by atoms with Crippen molar-refractivity contribution in [3.05, 3.63) is 0 Å². The predicted octanol–water partition coefficient (Wildman–Crippen LogP) is -0.961. The summed E-state index contributed by atoms with van der Waals surface area (Å²) >= 11 is 0. The van der Waals surface area contributed by atoms with Gasteiger partial charge in [-0.05, 0) is 13.0 Å². The maximum absolute atomic E-state index is 13.2. The van der Waals surface area contributed by atoms with E-state index >= 15 is 0 Å². The van der Waals surface area contributed by atoms with Gasteiger partial charge in [0, 0.05) is 35.5 Å². The molecule has 0 bridgehead atoms. The number of carbonyl (C=O) groups excluding carboxylic acids is 1. The Morgan fingerprint density at radius 3 is 2.24 bits per heavy atom. The lowest BCUT2D eigenvalue weighted by molar-refractivity contribution is -0.459. The lowest BCUT2D eigenvalue weighted by Crippen LogP contribution is -2.65. The second kappa shape index (κ2) is 8.95. The highest BCUT2D eigenvalue weighted by molar-refractivity contribution is 6.93. The third kappa shape index (κ3) is 4.63. The van der Waals surface area contributed by atoms with Gasteiger partial charge in [0.05, 0.1) is 25.4 Å². The number of methoxy groups -OCH3 is 3. The van der Waals surface area contributed by atoms with Crippen LogP contribution in [-0.2, 0) is 41.8 Å². The van der Waals surface area contributed by atoms with Gasteiger partial charge in [-0.15, -0.1) is 0 Å². The highest BCUT2D eigenvalue weighted by Gasteiger charge is 2.60. The summed E-state index contributed by atoms with van der Waals surface area (Å²) in [5.41, 5.74) is 0. The molecule has 0 spiro atoms. The molecule has 0 aliphatic carbocycles. The molecule has 0 aromatic carbocycles. The van der Waals surface area contributed by atoms with E-state index in [1.807, 2.05) is 0 Å². The minimum absolute atomic E-state index is 0.113. The highest BCUT2D eigenvalue weighted by atomic mass is 28.4. The van der Waals surface area contributed by atoms with Crippen LogP contribution in [0.25, 0.3) is 0 Å². The molecule has 146 valence electrons. The summed E-state index contributed by atoms with van der Waals surface area (Å²) in [6.07, 6.45) is -1.43. The summed E-state index contributed by atoms with van der Waals surface area (Å²) < 4.78 is 42.8. The first kappa shape index (κ1) is 20.8. The van der Waals surface area contributed by atoms with Crippen LogP contribution in [0.5, 0.6) is 0 Å². The average molecular weight is 381 g/mol. The van der Waals surface area contributed by atoms with Gasteiger partial charge in [0.25, 0.3) is 0 Å². The average Bonchev–Trinajstić information content (AvgIpc) is 3.37. The molecule has 25 heavy (non-hydrogen) atoms. The van der Waals surface area contributed by atoms with Gasteiger partial charge < -0.3 is 37.9 Å². The standard InChI is InChI=1S/C14H27NO9Si/c1-17-14(18-2,19-3)24-25(20-4,21-5)13(16)12-11(6-7-15-12)23-9-10-8-22-10/h10-12,15H,6-9H2,1-5H3/t10?,11?,12-/m0/s1. The van der Waals surface area contributed by atoms with Gasteiger partial charge in [-0.3, -0.25) is 9.22 Å². The van der Waals surface area contributed by atoms with E-state index in [4.69, 9.17) is 37.0 Å². The van der Waals surface area contributed by atoms with Crippen LogP contribution in [0.3, 0.4) is 0 Å². The fourth-order valence-electron chi connectivity index (χ4n) is 2.66. The molecule has 0 aromatic rings. The first-order valence-electron chi connectivity index (χ1n) is 7.96. The van der Waals surface area contributed by atoms with Crippen molar-refractivity contribution in [1.82, 2.24) is 5.32 Å². The zero-order chi connectivity index (χ0) is 18.5. The molecule has 2 heterocycles. The Morgan fingerprint density at radius 2 is 1.76 bits per heavy atom. The summed E-state index contributed by atoms with van der Waals surface area (Å²) in [7, 11) is 2.74. The normalized spacial score (nSPS) is 26.8. The molecule has 0 radical (unpaired) electrons. The summed E-state index contributed by atoms with van der Waals surface area (Å²) in [6, 6.07) is -0.631. The molecular formula is C14H27NO9Si. The van der Waals surface area contributed by atoms with Gasteiger partial charge in [-0.25, -0.2) is 0 Å². The summed E-state index contributed by atoms with van der Waals surface area (Å²) in [6.45, 7) is 1.77. The molecule has 3 atom stereocenters. The molecule has 10 nitrogen and oxygen atoms in total. The van der Waals surface area contributed by atoms with Gasteiger partial charge in [-0.1, -0.05) is 0 Å². The van der Waals surface area contributed by atoms with E-state index in [9.17, 15) is 4.79 Å². The number of hydrogen-bond donors (Lipinski definition) is 1. The molecule has 2 rings (SSSR count). The van der Waals surface area contributed by atoms with Crippen LogP contribution in [0.2, 0.25) is 0 Å². The first-order chi connectivity index (χ1) is 12.0. The van der Waals surface area contributed by atoms with Gasteiger partial charge >= 0.3 is 15.0 Å². The lowest BCUT2D eigenvalue weighted by atomic mass is 10.2. The Morgan fingerprint density at radius 1 is 1.16 bits per heavy atom. The fraction of sp³-hybridized carbons (Fsp3) is 0.929. The summed E-state index contributed by atoms with van der Waals surface area (Å²) in [4.78, 5) is 13.2. The zero-order valence-electron chi connectivity index (χ0n) is 15.2. The van der Waals surface area contributed by atoms with E-state index in [0.29, 0.717) is 26.2 Å². The van der Waals surface area contributed by atoms with Crippen molar-refractivity contribution in [2.45, 2.75) is 30.8 Å². The largest absolute Gasteiger partial charge is 0.581 e. The number of rotatable bonds is 12. The molecule has 2 unspecified atom stereocenters. The van der Waals surface area contributed by atoms with Crippen molar-refractivity contribution in [3.63, 3.8) is 0 Å². The fourth-order valence-corrected chi connectivity index (χ4v) is 4.75. The van der Waals surface area contributed by atoms with Crippen molar-refractivity contribution in [1.29, 1.82) is 0 Å². The van der Waals surface area contributed by atoms with Crippen LogP contribution in [0, 0.1) is 0 Å². The van der Waals surface area contributed by atoms with Crippen molar-refractivity contribution < 1.29 is 41.8 Å². The van der Waals surface area contributed by atoms with E-state index < -0.39 is 21.0 Å². The lowest BCUT2D eigenvalue weighted by Gasteiger charge is -2.36. The van der Waals surface area contributed by atoms with E-state index in [-0.39, 0.29) is 17.6 Å². The number of carbonyl (C=O) groups is 1. The molecule has 2 saturated heterocycles. The second-order valence-electron chi connectivity index (χ2n) is 5.59. The van der Waals surface area contributed by atoms with Gasteiger partial charge in [0.1, 0.15) is 6.10 Å². The predicted molar refractivity (Wildman–Crippen MR) is 85.5 cm³/mol. The van der Waals surface area contributed by atoms with E-state index in [2.05, 4.69) is 5.32 Å². The van der Waals surface area contributed by atoms with Crippen molar-refractivity contribution in [2.24, 2.45) is 0 Å². The number of ether oxygens (including phenoxy) is 5. The molecule has 0 aromatic heterocycles. The Labute approximate surface area is 148 Å². The minimum atomic E-state index is -3.88. The molecule has 1 N–H and O–H groups in total. The number of hydrogen-bond acceptors (Lipinski definition) is 10. The van der Waals surface area contributed by atoms with Gasteiger partial charge in [0.2, 0.25) is 5.41 Å². The SMILES string of the molecule is COC(OC)(OC)O[Si](OC)(OC)C(=O)[C@H]1NCCC1OCC1CO1. The van der Waals surface area contributed by atoms with Crippen LogP contribution in [-0.4, -0.2) is 93.9 Å². The molecule has 0 saturated carbocycles. The van der Waals surface area contributed by atoms with Crippen molar-refractivity contribution >= 4 is 14.2 Å². The first-order valence-corrected chi connectivity index (χ1v) is 9.69. The maximum Gasteiger partial charge on any atom is 0.581 e. The van der Waals surface area contributed by atoms with Crippen LogP contribution in [0.15, 0.2) is 0 Å². The molecule has 2 fully saturated rings. The van der Waals surface area contributed by atoms with E-state index in [0.717, 1.165) is 0 Å². The Balaban J connectivity index is 2.14. The van der Waals surface area contributed by atoms with Crippen LogP contribution in [0.4, 0.5) is 0 Å². The Bertz CT molecular complexity index is 432. The molecule has 0 amide bonds. The zero-order valence-corrected chi connectivity index (χ0v) is 16.2. The summed E-state index contributed by atoms with van der Waals surface area (Å²) in [5, 5.41) is 2.74. The van der Waals surface area contributed by atoms with Crippen molar-refractivity contribution in [2.75, 3.05) is 55.3 Å². The van der Waals surface area contributed by atoms with Gasteiger partial charge in [-0.2, -0.15) is 0 Å². The van der Waals surface area contributed by atoms with Crippen LogP contribution in [0.1, 0.15) is 6.42 Å². The second-order valence-corrected chi connectivity index (χ2v) is 8.22. The minimum Gasteiger partial charge on any atom is -0.373 e.